The van der Waals surface area contributed by atoms with Gasteiger partial charge >= 0.3 is 63.3 Å². The second-order valence-corrected chi connectivity index (χ2v) is 18.5. The molecular formula is C52H89KO7S. The molecule has 0 bridgehead atoms. The third-order valence-corrected chi connectivity index (χ3v) is 12.4. The van der Waals surface area contributed by atoms with E-state index in [0.717, 1.165) is 31.7 Å². The van der Waals surface area contributed by atoms with Gasteiger partial charge in [0.1, 0.15) is 10.1 Å². The second-order valence-electron chi connectivity index (χ2n) is 17.1. The summed E-state index contributed by atoms with van der Waals surface area (Å²) < 4.78 is 46.7. The van der Waals surface area contributed by atoms with Gasteiger partial charge in [-0.05, 0) is 50.7 Å². The number of carbonyl (C=O) groups is 2. The molecule has 9 heteroatoms. The molecule has 0 heterocycles. The molecule has 0 unspecified atom stereocenters. The number of unbranched alkanes of at least 4 members (excludes halogenated alkanes) is 32. The largest absolute Gasteiger partial charge is 1.00 e. The molecular weight excluding hydrogens is 808 g/mol. The van der Waals surface area contributed by atoms with E-state index in [1.165, 1.54) is 205 Å². The number of rotatable bonds is 43. The van der Waals surface area contributed by atoms with Crippen LogP contribution in [0.1, 0.15) is 266 Å². The molecule has 0 aliphatic carbocycles. The van der Waals surface area contributed by atoms with E-state index in [1.54, 1.807) is 0 Å². The van der Waals surface area contributed by atoms with Gasteiger partial charge in [0.15, 0.2) is 0 Å². The van der Waals surface area contributed by atoms with Crippen LogP contribution in [0.4, 0.5) is 0 Å². The first kappa shape index (κ1) is 60.2. The van der Waals surface area contributed by atoms with Gasteiger partial charge in [-0.2, -0.15) is 0 Å². The number of hydrogen-bond acceptors (Lipinski definition) is 7. The molecule has 7 nitrogen and oxygen atoms in total. The molecule has 0 saturated carbocycles. The molecule has 1 aromatic rings. The molecule has 0 saturated heterocycles. The zero-order chi connectivity index (χ0) is 43.6. The Kier molecular flexibility index (Phi) is 43.8. The van der Waals surface area contributed by atoms with Crippen LogP contribution in [-0.4, -0.2) is 38.1 Å². The van der Waals surface area contributed by atoms with Gasteiger partial charge in [-0.3, -0.25) is 0 Å². The summed E-state index contributed by atoms with van der Waals surface area (Å²) in [7, 11) is -5.04. The fraction of sp³-hybridized carbons (Fsp3) is 0.769. The topological polar surface area (TPSA) is 110 Å². The Hall–Kier alpha value is -0.814. The first-order valence-corrected chi connectivity index (χ1v) is 26.5. The third kappa shape index (κ3) is 36.1. The van der Waals surface area contributed by atoms with Crippen LogP contribution in [0.25, 0.3) is 0 Å². The van der Waals surface area contributed by atoms with Crippen molar-refractivity contribution < 1.29 is 83.4 Å². The van der Waals surface area contributed by atoms with E-state index in [1.807, 2.05) is 12.2 Å². The summed E-state index contributed by atoms with van der Waals surface area (Å²) in [6.07, 6.45) is 53.9. The predicted molar refractivity (Wildman–Crippen MR) is 251 cm³/mol. The van der Waals surface area contributed by atoms with Crippen LogP contribution in [0.2, 0.25) is 0 Å². The van der Waals surface area contributed by atoms with Gasteiger partial charge in [0, 0.05) is 0 Å². The Morgan fingerprint density at radius 2 is 0.754 bits per heavy atom. The number of allylic oxidation sites excluding steroid dienone is 2. The van der Waals surface area contributed by atoms with Crippen molar-refractivity contribution in [3.8, 4) is 0 Å². The van der Waals surface area contributed by atoms with E-state index in [9.17, 15) is 22.6 Å². The number of carbonyl (C=O) groups excluding carboxylic acids is 2. The quantitative estimate of drug-likeness (QED) is 0.0211. The Labute approximate surface area is 418 Å². The van der Waals surface area contributed by atoms with E-state index in [-0.39, 0.29) is 70.2 Å². The van der Waals surface area contributed by atoms with Crippen molar-refractivity contribution in [1.29, 1.82) is 0 Å². The van der Waals surface area contributed by atoms with Gasteiger partial charge in [0.05, 0.1) is 29.2 Å². The van der Waals surface area contributed by atoms with Crippen molar-refractivity contribution in [2.75, 3.05) is 13.2 Å². The SMILES string of the molecule is CCCCCCCCCCCCCCCCCC/C=C/CCOC(=O)c1cccc(S(=O)(=O)[O-])c1C(=O)OCC/C=C/CCCCCCCCCCCCCCCCCC.[K+]. The third-order valence-electron chi connectivity index (χ3n) is 11.5. The van der Waals surface area contributed by atoms with Gasteiger partial charge < -0.3 is 14.0 Å². The average molecular weight is 897 g/mol. The molecule has 0 fully saturated rings. The fourth-order valence-electron chi connectivity index (χ4n) is 7.80. The van der Waals surface area contributed by atoms with Crippen LogP contribution in [0.3, 0.4) is 0 Å². The maximum Gasteiger partial charge on any atom is 1.00 e. The summed E-state index contributed by atoms with van der Waals surface area (Å²) in [5, 5.41) is 0. The molecule has 0 radical (unpaired) electrons. The van der Waals surface area contributed by atoms with E-state index in [0.29, 0.717) is 12.8 Å². The Morgan fingerprint density at radius 1 is 0.459 bits per heavy atom. The zero-order valence-corrected chi connectivity index (χ0v) is 43.6. The van der Waals surface area contributed by atoms with Gasteiger partial charge in [-0.25, -0.2) is 18.0 Å². The summed E-state index contributed by atoms with van der Waals surface area (Å²) >= 11 is 0. The summed E-state index contributed by atoms with van der Waals surface area (Å²) in [6.45, 7) is 4.61. The molecule has 0 amide bonds. The van der Waals surface area contributed by atoms with Gasteiger partial charge in [-0.1, -0.05) is 237 Å². The summed E-state index contributed by atoms with van der Waals surface area (Å²) in [6, 6.07) is 3.57. The van der Waals surface area contributed by atoms with Gasteiger partial charge in [-0.15, -0.1) is 0 Å². The van der Waals surface area contributed by atoms with E-state index in [4.69, 9.17) is 9.47 Å². The van der Waals surface area contributed by atoms with Crippen LogP contribution < -0.4 is 51.4 Å². The molecule has 0 atom stereocenters. The van der Waals surface area contributed by atoms with E-state index < -0.39 is 32.5 Å². The Morgan fingerprint density at radius 3 is 1.08 bits per heavy atom. The predicted octanol–water partition coefficient (Wildman–Crippen LogP) is 13.1. The molecule has 0 N–H and O–H groups in total. The first-order chi connectivity index (χ1) is 29.3. The number of esters is 2. The molecule has 61 heavy (non-hydrogen) atoms. The smallest absolute Gasteiger partial charge is 0.744 e. The average Bonchev–Trinajstić information content (AvgIpc) is 3.24. The molecule has 346 valence electrons. The van der Waals surface area contributed by atoms with E-state index >= 15 is 0 Å². The minimum atomic E-state index is -5.04. The van der Waals surface area contributed by atoms with Crippen molar-refractivity contribution >= 4 is 22.1 Å². The summed E-state index contributed by atoms with van der Waals surface area (Å²) in [4.78, 5) is 25.2. The normalized spacial score (nSPS) is 11.7. The molecule has 1 rings (SSSR count). The van der Waals surface area contributed by atoms with Gasteiger partial charge in [0.25, 0.3) is 0 Å². The molecule has 1 aromatic carbocycles. The molecule has 0 aliphatic rings. The zero-order valence-electron chi connectivity index (χ0n) is 39.7. The van der Waals surface area contributed by atoms with Crippen LogP contribution in [0.15, 0.2) is 47.4 Å². The minimum absolute atomic E-state index is 0. The summed E-state index contributed by atoms with van der Waals surface area (Å²) in [5.41, 5.74) is -0.846. The van der Waals surface area contributed by atoms with Crippen LogP contribution >= 0.6 is 0 Å². The Balaban J connectivity index is 0.0000360. The minimum Gasteiger partial charge on any atom is -0.744 e. The first-order valence-electron chi connectivity index (χ1n) is 25.1. The van der Waals surface area contributed by atoms with Crippen molar-refractivity contribution in [3.63, 3.8) is 0 Å². The Bertz CT molecular complexity index is 1340. The molecule has 0 spiro atoms. The fourth-order valence-corrected chi connectivity index (χ4v) is 8.49. The van der Waals surface area contributed by atoms with Crippen molar-refractivity contribution in [3.05, 3.63) is 53.6 Å². The molecule has 0 aliphatic heterocycles. The van der Waals surface area contributed by atoms with Crippen LogP contribution in [0, 0.1) is 0 Å². The van der Waals surface area contributed by atoms with Gasteiger partial charge in [0.2, 0.25) is 0 Å². The maximum atomic E-state index is 13.0. The number of benzene rings is 1. The van der Waals surface area contributed by atoms with Crippen molar-refractivity contribution in [2.45, 2.75) is 250 Å². The summed E-state index contributed by atoms with van der Waals surface area (Å²) in [5.74, 6) is -1.89. The number of ether oxygens (including phenoxy) is 2. The van der Waals surface area contributed by atoms with Crippen molar-refractivity contribution in [1.82, 2.24) is 0 Å². The number of hydrogen-bond donors (Lipinski definition) is 0. The standard InChI is InChI=1S/C52H90O7S.K/c1-3-5-7-9-11-13-15-17-19-21-23-25-27-29-31-33-35-37-39-41-46-58-51(53)48-44-43-45-49(60(55,56)57)50(48)52(54)59-47-42-40-38-36-34-32-30-28-26-24-22-20-18-16-14-12-10-8-6-4-2;/h37-40,43-45H,3-36,41-42,46-47H2,1-2H3,(H,55,56,57);/q;+1/p-1/b39-37+,40-38+;. The van der Waals surface area contributed by atoms with Crippen LogP contribution in [-0.2, 0) is 19.6 Å². The van der Waals surface area contributed by atoms with Crippen molar-refractivity contribution in [2.24, 2.45) is 0 Å². The maximum absolute atomic E-state index is 13.0. The monoisotopic (exact) mass is 897 g/mol. The van der Waals surface area contributed by atoms with Crippen LogP contribution in [0.5, 0.6) is 0 Å². The van der Waals surface area contributed by atoms with E-state index in [2.05, 4.69) is 26.0 Å². The second kappa shape index (κ2) is 44.4. The molecule has 0 aromatic heterocycles.